The second kappa shape index (κ2) is 6.07. The van der Waals surface area contributed by atoms with Crippen molar-refractivity contribution in [2.45, 2.75) is 19.9 Å². The third kappa shape index (κ3) is 2.95. The number of nitriles is 1. The normalized spacial score (nSPS) is 10.4. The molecule has 6 heteroatoms. The second-order valence-electron chi connectivity index (χ2n) is 4.09. The summed E-state index contributed by atoms with van der Waals surface area (Å²) in [5.74, 6) is -0.531. The van der Waals surface area contributed by atoms with Crippen molar-refractivity contribution in [1.29, 1.82) is 5.26 Å². The van der Waals surface area contributed by atoms with Crippen molar-refractivity contribution >= 4 is 0 Å². The summed E-state index contributed by atoms with van der Waals surface area (Å²) in [4.78, 5) is 0. The molecule has 1 aromatic carbocycles. The van der Waals surface area contributed by atoms with E-state index in [0.29, 0.717) is 12.2 Å². The van der Waals surface area contributed by atoms with E-state index < -0.39 is 5.82 Å². The molecule has 0 saturated heterocycles. The van der Waals surface area contributed by atoms with Crippen LogP contribution in [0.2, 0.25) is 0 Å². The summed E-state index contributed by atoms with van der Waals surface area (Å²) in [5, 5.41) is 19.9. The van der Waals surface area contributed by atoms with Crippen molar-refractivity contribution in [3.8, 4) is 11.8 Å². The van der Waals surface area contributed by atoms with Gasteiger partial charge in [-0.15, -0.1) is 5.10 Å². The van der Waals surface area contributed by atoms with Crippen molar-refractivity contribution in [3.05, 3.63) is 41.5 Å². The zero-order chi connectivity index (χ0) is 13.7. The molecule has 0 unspecified atom stereocenters. The van der Waals surface area contributed by atoms with Crippen LogP contribution in [0.25, 0.3) is 5.69 Å². The van der Waals surface area contributed by atoms with E-state index in [2.05, 4.69) is 22.6 Å². The molecule has 19 heavy (non-hydrogen) atoms. The lowest BCUT2D eigenvalue weighted by atomic mass is 10.2. The molecule has 0 atom stereocenters. The van der Waals surface area contributed by atoms with Gasteiger partial charge in [0.25, 0.3) is 0 Å². The van der Waals surface area contributed by atoms with Crippen molar-refractivity contribution in [2.75, 3.05) is 6.54 Å². The fourth-order valence-electron chi connectivity index (χ4n) is 1.72. The van der Waals surface area contributed by atoms with Gasteiger partial charge in [-0.05, 0) is 31.2 Å². The molecule has 98 valence electrons. The summed E-state index contributed by atoms with van der Waals surface area (Å²) in [5.41, 5.74) is 1.49. The highest BCUT2D eigenvalue weighted by molar-refractivity contribution is 5.42. The number of aromatic nitrogens is 3. The first-order valence-corrected chi connectivity index (χ1v) is 6.06. The van der Waals surface area contributed by atoms with Gasteiger partial charge in [-0.3, -0.25) is 0 Å². The Morgan fingerprint density at radius 2 is 2.32 bits per heavy atom. The molecule has 0 aliphatic carbocycles. The van der Waals surface area contributed by atoms with E-state index in [1.54, 1.807) is 16.9 Å². The first-order valence-electron chi connectivity index (χ1n) is 6.06. The molecular formula is C13H14FN5. The summed E-state index contributed by atoms with van der Waals surface area (Å²) < 4.78 is 14.9. The number of halogens is 1. The lowest BCUT2D eigenvalue weighted by Gasteiger charge is -2.07. The van der Waals surface area contributed by atoms with E-state index in [9.17, 15) is 4.39 Å². The van der Waals surface area contributed by atoms with Gasteiger partial charge >= 0.3 is 0 Å². The zero-order valence-electron chi connectivity index (χ0n) is 10.6. The minimum absolute atomic E-state index is 0.000433. The van der Waals surface area contributed by atoms with Gasteiger partial charge in [0.15, 0.2) is 0 Å². The Morgan fingerprint density at radius 1 is 1.47 bits per heavy atom. The van der Waals surface area contributed by atoms with Crippen LogP contribution in [-0.4, -0.2) is 21.5 Å². The number of hydrogen-bond donors (Lipinski definition) is 1. The Morgan fingerprint density at radius 3 is 3.05 bits per heavy atom. The minimum atomic E-state index is -0.531. The molecule has 0 fully saturated rings. The maximum Gasteiger partial charge on any atom is 0.141 e. The van der Waals surface area contributed by atoms with Gasteiger partial charge in [0.05, 0.1) is 23.1 Å². The van der Waals surface area contributed by atoms with E-state index >= 15 is 0 Å². The highest BCUT2D eigenvalue weighted by Gasteiger charge is 2.09. The largest absolute Gasteiger partial charge is 0.311 e. The third-order valence-electron chi connectivity index (χ3n) is 2.67. The van der Waals surface area contributed by atoms with Gasteiger partial charge in [-0.1, -0.05) is 12.1 Å². The maximum atomic E-state index is 13.3. The maximum absolute atomic E-state index is 13.3. The average molecular weight is 259 g/mol. The fraction of sp³-hybridized carbons (Fsp3) is 0.308. The van der Waals surface area contributed by atoms with Crippen LogP contribution in [0, 0.1) is 17.1 Å². The van der Waals surface area contributed by atoms with E-state index in [4.69, 9.17) is 5.26 Å². The number of nitrogens with zero attached hydrogens (tertiary/aromatic N) is 4. The number of hydrogen-bond acceptors (Lipinski definition) is 4. The summed E-state index contributed by atoms with van der Waals surface area (Å²) >= 11 is 0. The van der Waals surface area contributed by atoms with Crippen molar-refractivity contribution in [2.24, 2.45) is 0 Å². The van der Waals surface area contributed by atoms with Crippen LogP contribution in [0.4, 0.5) is 4.39 Å². The molecule has 0 bridgehead atoms. The van der Waals surface area contributed by atoms with Crippen LogP contribution in [0.15, 0.2) is 24.4 Å². The van der Waals surface area contributed by atoms with Crippen LogP contribution in [0.5, 0.6) is 0 Å². The molecule has 0 saturated carbocycles. The molecule has 0 aliphatic rings. The van der Waals surface area contributed by atoms with Crippen molar-refractivity contribution in [1.82, 2.24) is 20.3 Å². The van der Waals surface area contributed by atoms with Crippen LogP contribution in [-0.2, 0) is 6.54 Å². The highest BCUT2D eigenvalue weighted by atomic mass is 19.1. The predicted octanol–water partition coefficient (Wildman–Crippen LogP) is 1.78. The zero-order valence-corrected chi connectivity index (χ0v) is 10.6. The van der Waals surface area contributed by atoms with Gasteiger partial charge in [-0.2, -0.15) is 5.26 Å². The topological polar surface area (TPSA) is 66.5 Å². The molecule has 2 rings (SSSR count). The molecular weight excluding hydrogens is 245 g/mol. The van der Waals surface area contributed by atoms with Gasteiger partial charge in [-0.25, -0.2) is 9.07 Å². The van der Waals surface area contributed by atoms with Gasteiger partial charge in [0.2, 0.25) is 0 Å². The SMILES string of the molecule is CCCNCc1cnnn1-c1ccc(F)c(C#N)c1. The Hall–Kier alpha value is -2.26. The predicted molar refractivity (Wildman–Crippen MR) is 68.0 cm³/mol. The Kier molecular flexibility index (Phi) is 4.21. The van der Waals surface area contributed by atoms with Gasteiger partial charge in [0.1, 0.15) is 11.9 Å². The molecule has 2 aromatic rings. The first kappa shape index (κ1) is 13.2. The summed E-state index contributed by atoms with van der Waals surface area (Å²) in [6.07, 6.45) is 2.69. The van der Waals surface area contributed by atoms with E-state index in [1.807, 2.05) is 6.07 Å². The summed E-state index contributed by atoms with van der Waals surface area (Å²) in [6.45, 7) is 3.61. The van der Waals surface area contributed by atoms with Crippen molar-refractivity contribution in [3.63, 3.8) is 0 Å². The number of rotatable bonds is 5. The Bertz CT molecular complexity index is 599. The lowest BCUT2D eigenvalue weighted by molar-refractivity contribution is 0.620. The smallest absolute Gasteiger partial charge is 0.141 e. The summed E-state index contributed by atoms with van der Waals surface area (Å²) in [6, 6.07) is 6.12. The number of benzene rings is 1. The average Bonchev–Trinajstić information content (AvgIpc) is 2.88. The second-order valence-corrected chi connectivity index (χ2v) is 4.09. The van der Waals surface area contributed by atoms with Crippen LogP contribution >= 0.6 is 0 Å². The Balaban J connectivity index is 2.27. The third-order valence-corrected chi connectivity index (χ3v) is 2.67. The Labute approximate surface area is 110 Å². The quantitative estimate of drug-likeness (QED) is 0.831. The molecule has 0 amide bonds. The molecule has 5 nitrogen and oxygen atoms in total. The van der Waals surface area contributed by atoms with E-state index in [1.165, 1.54) is 12.1 Å². The van der Waals surface area contributed by atoms with E-state index in [0.717, 1.165) is 18.7 Å². The molecule has 0 aliphatic heterocycles. The van der Waals surface area contributed by atoms with E-state index in [-0.39, 0.29) is 5.56 Å². The van der Waals surface area contributed by atoms with Crippen LogP contribution in [0.3, 0.4) is 0 Å². The standard InChI is InChI=1S/C13H14FN5/c1-2-5-16-8-12-9-17-18-19(12)11-3-4-13(14)10(6-11)7-15/h3-4,6,9,16H,2,5,8H2,1H3. The van der Waals surface area contributed by atoms with Crippen molar-refractivity contribution < 1.29 is 4.39 Å². The molecule has 1 heterocycles. The molecule has 0 spiro atoms. The lowest BCUT2D eigenvalue weighted by Crippen LogP contribution is -2.16. The van der Waals surface area contributed by atoms with Gasteiger partial charge < -0.3 is 5.32 Å². The first-order chi connectivity index (χ1) is 9.26. The highest BCUT2D eigenvalue weighted by Crippen LogP contribution is 2.14. The monoisotopic (exact) mass is 259 g/mol. The number of nitrogens with one attached hydrogen (secondary N) is 1. The minimum Gasteiger partial charge on any atom is -0.311 e. The molecule has 1 N–H and O–H groups in total. The van der Waals surface area contributed by atoms with Crippen LogP contribution in [0.1, 0.15) is 24.6 Å². The van der Waals surface area contributed by atoms with Crippen LogP contribution < -0.4 is 5.32 Å². The summed E-state index contributed by atoms with van der Waals surface area (Å²) in [7, 11) is 0. The molecule has 1 aromatic heterocycles. The fourth-order valence-corrected chi connectivity index (χ4v) is 1.72. The molecule has 0 radical (unpaired) electrons. The van der Waals surface area contributed by atoms with Gasteiger partial charge in [0, 0.05) is 6.54 Å².